The van der Waals surface area contributed by atoms with E-state index >= 15 is 0 Å². The molecule has 32 heavy (non-hydrogen) atoms. The maximum absolute atomic E-state index is 14.7. The molecule has 3 fully saturated rings. The monoisotopic (exact) mass is 479 g/mol. The van der Waals surface area contributed by atoms with Crippen LogP contribution in [0.2, 0.25) is 0 Å². The Morgan fingerprint density at radius 2 is 1.69 bits per heavy atom. The van der Waals surface area contributed by atoms with E-state index in [1.54, 1.807) is 0 Å². The molecule has 3 aliphatic heterocycles. The second kappa shape index (κ2) is 7.91. The van der Waals surface area contributed by atoms with Gasteiger partial charge in [0.15, 0.2) is 11.6 Å². The highest BCUT2D eigenvalue weighted by Gasteiger charge is 2.63. The van der Waals surface area contributed by atoms with Crippen molar-refractivity contribution in [2.45, 2.75) is 76.4 Å². The molecule has 1 N–H and O–H groups in total. The normalized spacial score (nSPS) is 37.8. The van der Waals surface area contributed by atoms with E-state index in [0.29, 0.717) is 11.2 Å². The molecule has 0 spiro atoms. The summed E-state index contributed by atoms with van der Waals surface area (Å²) in [5.74, 6) is -2.19. The number of aryl methyl sites for hydroxylation is 1. The Balaban J connectivity index is 1.56. The first-order valence-corrected chi connectivity index (χ1v) is 13.5. The Bertz CT molecular complexity index is 1010. The van der Waals surface area contributed by atoms with Crippen LogP contribution >= 0.6 is 18.7 Å². The third-order valence-corrected chi connectivity index (χ3v) is 10.2. The highest BCUT2D eigenvalue weighted by atomic mass is 32.1. The Morgan fingerprint density at radius 1 is 0.969 bits per heavy atom. The van der Waals surface area contributed by atoms with Gasteiger partial charge in [-0.15, -0.1) is 11.3 Å². The van der Waals surface area contributed by atoms with Crippen molar-refractivity contribution < 1.29 is 28.0 Å². The second-order valence-electron chi connectivity index (χ2n) is 9.51. The van der Waals surface area contributed by atoms with Gasteiger partial charge in [0.1, 0.15) is 30.2 Å². The average Bonchev–Trinajstić information content (AvgIpc) is 3.44. The van der Waals surface area contributed by atoms with Gasteiger partial charge in [-0.25, -0.2) is 0 Å². The largest absolute Gasteiger partial charge is 0.371 e. The summed E-state index contributed by atoms with van der Waals surface area (Å²) >= 11 is 1.43. The minimum absolute atomic E-state index is 0.338. The number of thiophene rings is 1. The Morgan fingerprint density at radius 3 is 2.31 bits per heavy atom. The van der Waals surface area contributed by atoms with Crippen molar-refractivity contribution in [1.82, 2.24) is 0 Å². The van der Waals surface area contributed by atoms with E-state index in [-0.39, 0.29) is 0 Å². The van der Waals surface area contributed by atoms with Gasteiger partial charge < -0.3 is 28.8 Å². The first-order chi connectivity index (χ1) is 15.1. The van der Waals surface area contributed by atoms with Gasteiger partial charge in [-0.2, -0.15) is 0 Å². The molecular formula is C23H30NO6PS. The van der Waals surface area contributed by atoms with Crippen molar-refractivity contribution in [2.24, 2.45) is 0 Å². The zero-order valence-electron chi connectivity index (χ0n) is 18.9. The van der Waals surface area contributed by atoms with Gasteiger partial charge in [0, 0.05) is 5.69 Å². The van der Waals surface area contributed by atoms with Crippen LogP contribution in [0.25, 0.3) is 0 Å². The first-order valence-electron chi connectivity index (χ1n) is 10.9. The lowest BCUT2D eigenvalue weighted by molar-refractivity contribution is -0.174. The number of hydrogen-bond donors (Lipinski definition) is 1. The minimum atomic E-state index is -3.42. The summed E-state index contributed by atoms with van der Waals surface area (Å²) in [6.07, 6.45) is -1.96. The smallest absolute Gasteiger partial charge is 0.266 e. The lowest BCUT2D eigenvalue weighted by Gasteiger charge is -2.43. The van der Waals surface area contributed by atoms with Crippen LogP contribution in [0.5, 0.6) is 0 Å². The average molecular weight is 480 g/mol. The van der Waals surface area contributed by atoms with Crippen LogP contribution in [0.3, 0.4) is 0 Å². The van der Waals surface area contributed by atoms with Crippen molar-refractivity contribution in [1.29, 1.82) is 0 Å². The lowest BCUT2D eigenvalue weighted by atomic mass is 10.0. The molecule has 0 saturated carbocycles. The zero-order chi connectivity index (χ0) is 22.7. The van der Waals surface area contributed by atoms with Crippen LogP contribution in [-0.2, 0) is 28.0 Å². The summed E-state index contributed by atoms with van der Waals surface area (Å²) in [6.45, 7) is 9.85. The molecule has 3 aliphatic rings. The highest BCUT2D eigenvalue weighted by molar-refractivity contribution is 7.73. The van der Waals surface area contributed by atoms with Gasteiger partial charge in [0.05, 0.1) is 11.2 Å². The molecule has 0 aliphatic carbocycles. The summed E-state index contributed by atoms with van der Waals surface area (Å²) in [5.41, 5.74) is 2.01. The third-order valence-electron chi connectivity index (χ3n) is 6.02. The molecule has 4 heterocycles. The molecule has 0 unspecified atom stereocenters. The summed E-state index contributed by atoms with van der Waals surface area (Å²) in [7, 11) is -3.42. The molecule has 1 aromatic carbocycles. The topological polar surface area (TPSA) is 75.2 Å². The standard InChI is InChI=1S/C23H30NO6PS/c1-14-8-10-15(11-9-14)24-21-20-19(28-23(4,5)29-20)18(16-13-26-22(2,3)27-16)30-31(21,25)17-7-6-12-32-17/h6-12,16,18-21,24H,13H2,1-5H3/t16-,18-,19+,20+,21-,31+/m1/s1. The summed E-state index contributed by atoms with van der Waals surface area (Å²) in [5, 5.41) is 5.38. The number of anilines is 1. The van der Waals surface area contributed by atoms with Crippen LogP contribution in [0, 0.1) is 6.92 Å². The molecule has 7 nitrogen and oxygen atoms in total. The SMILES string of the molecule is Cc1ccc(N[C@H]2[C@H]3OC(C)(C)O[C@H]3[C@@H]([C@H]3COC(C)(C)O3)O[P@@]2(=O)c2cccs2)cc1. The number of ether oxygens (including phenoxy) is 4. The molecule has 5 rings (SSSR count). The number of nitrogens with one attached hydrogen (secondary N) is 1. The van der Waals surface area contributed by atoms with E-state index in [1.807, 2.05) is 76.4 Å². The van der Waals surface area contributed by atoms with E-state index < -0.39 is 49.1 Å². The fourth-order valence-corrected chi connectivity index (χ4v) is 8.65. The molecule has 1 aromatic heterocycles. The van der Waals surface area contributed by atoms with E-state index in [0.717, 1.165) is 11.3 Å². The minimum Gasteiger partial charge on any atom is -0.371 e. The number of rotatable bonds is 4. The van der Waals surface area contributed by atoms with Gasteiger partial charge >= 0.3 is 0 Å². The molecular weight excluding hydrogens is 449 g/mol. The van der Waals surface area contributed by atoms with E-state index in [1.165, 1.54) is 11.3 Å². The van der Waals surface area contributed by atoms with Crippen molar-refractivity contribution >= 4 is 29.0 Å². The second-order valence-corrected chi connectivity index (χ2v) is 13.2. The lowest BCUT2D eigenvalue weighted by Crippen LogP contribution is -2.56. The summed E-state index contributed by atoms with van der Waals surface area (Å²) in [6, 6.07) is 11.7. The quantitative estimate of drug-likeness (QED) is 0.649. The molecule has 3 saturated heterocycles. The fourth-order valence-electron chi connectivity index (χ4n) is 4.60. The molecule has 6 atom stereocenters. The van der Waals surface area contributed by atoms with Gasteiger partial charge in [0.2, 0.25) is 0 Å². The van der Waals surface area contributed by atoms with Crippen LogP contribution in [0.4, 0.5) is 5.69 Å². The summed E-state index contributed by atoms with van der Waals surface area (Å²) < 4.78 is 46.5. The summed E-state index contributed by atoms with van der Waals surface area (Å²) in [4.78, 5) is 0. The molecule has 0 radical (unpaired) electrons. The zero-order valence-corrected chi connectivity index (χ0v) is 20.7. The maximum atomic E-state index is 14.7. The molecule has 0 amide bonds. The van der Waals surface area contributed by atoms with Gasteiger partial charge in [0.25, 0.3) is 7.37 Å². The Kier molecular flexibility index (Phi) is 5.57. The molecule has 0 bridgehead atoms. The van der Waals surface area contributed by atoms with Gasteiger partial charge in [-0.05, 0) is 58.2 Å². The Labute approximate surface area is 192 Å². The highest BCUT2D eigenvalue weighted by Crippen LogP contribution is 2.61. The van der Waals surface area contributed by atoms with Crippen molar-refractivity contribution in [2.75, 3.05) is 11.9 Å². The maximum Gasteiger partial charge on any atom is 0.266 e. The van der Waals surface area contributed by atoms with E-state index in [2.05, 4.69) is 5.32 Å². The predicted octanol–water partition coefficient (Wildman–Crippen LogP) is 4.47. The fraction of sp³-hybridized carbons (Fsp3) is 0.565. The van der Waals surface area contributed by atoms with Crippen molar-refractivity contribution in [3.05, 3.63) is 47.3 Å². The molecule has 9 heteroatoms. The predicted molar refractivity (Wildman–Crippen MR) is 124 cm³/mol. The van der Waals surface area contributed by atoms with Crippen LogP contribution in [0.15, 0.2) is 41.8 Å². The Hall–Kier alpha value is -1.25. The van der Waals surface area contributed by atoms with E-state index in [9.17, 15) is 4.57 Å². The van der Waals surface area contributed by atoms with Crippen LogP contribution in [0.1, 0.15) is 33.3 Å². The van der Waals surface area contributed by atoms with Gasteiger partial charge in [-0.3, -0.25) is 4.57 Å². The van der Waals surface area contributed by atoms with Gasteiger partial charge in [-0.1, -0.05) is 23.8 Å². The first kappa shape index (κ1) is 22.5. The van der Waals surface area contributed by atoms with Crippen molar-refractivity contribution in [3.63, 3.8) is 0 Å². The third kappa shape index (κ3) is 4.07. The van der Waals surface area contributed by atoms with Crippen molar-refractivity contribution in [3.8, 4) is 0 Å². The van der Waals surface area contributed by atoms with E-state index in [4.69, 9.17) is 23.5 Å². The number of hydrogen-bond acceptors (Lipinski definition) is 8. The van der Waals surface area contributed by atoms with Crippen LogP contribution in [-0.4, -0.2) is 48.4 Å². The number of benzene rings is 1. The molecule has 2 aromatic rings. The molecule has 174 valence electrons. The number of fused-ring (bicyclic) bond motifs is 1. The van der Waals surface area contributed by atoms with Crippen LogP contribution < -0.4 is 9.94 Å².